The second-order valence-electron chi connectivity index (χ2n) is 13.2. The first-order valence-corrected chi connectivity index (χ1v) is 18.2. The van der Waals surface area contributed by atoms with E-state index >= 15 is 0 Å². The summed E-state index contributed by atoms with van der Waals surface area (Å²) in [4.78, 5) is 4.80. The molecule has 5 nitrogen and oxygen atoms in total. The lowest BCUT2D eigenvalue weighted by Crippen LogP contribution is -2.48. The molecular weight excluding hydrogens is 544 g/mol. The Hall–Kier alpha value is -1.82. The van der Waals surface area contributed by atoms with Crippen molar-refractivity contribution >= 4 is 0 Å². The summed E-state index contributed by atoms with van der Waals surface area (Å²) in [5, 5.41) is 9.19. The first-order chi connectivity index (χ1) is 21.5. The van der Waals surface area contributed by atoms with Gasteiger partial charge in [0.05, 0.1) is 6.61 Å². The Balaban J connectivity index is 1.77. The minimum Gasteiger partial charge on any atom is -0.492 e. The van der Waals surface area contributed by atoms with Gasteiger partial charge in [0.25, 0.3) is 0 Å². The number of unbranched alkanes of at least 4 members (excludes halogenated alkanes) is 12. The second kappa shape index (κ2) is 25.4. The summed E-state index contributed by atoms with van der Waals surface area (Å²) in [6.07, 6.45) is 25.7. The van der Waals surface area contributed by atoms with Crippen LogP contribution in [0.15, 0.2) is 41.5 Å². The Bertz CT molecular complexity index is 901. The zero-order chi connectivity index (χ0) is 31.7. The summed E-state index contributed by atoms with van der Waals surface area (Å²) >= 11 is 0. The zero-order valence-electron chi connectivity index (χ0n) is 29.2. The van der Waals surface area contributed by atoms with Gasteiger partial charge in [0.15, 0.2) is 0 Å². The number of rotatable bonds is 26. The van der Waals surface area contributed by atoms with Crippen LogP contribution < -0.4 is 9.47 Å². The van der Waals surface area contributed by atoms with Crippen molar-refractivity contribution in [1.82, 2.24) is 9.80 Å². The Kier molecular flexibility index (Phi) is 22.1. The Labute approximate surface area is 272 Å². The van der Waals surface area contributed by atoms with Crippen molar-refractivity contribution in [2.75, 3.05) is 59.1 Å². The molecule has 0 amide bonds. The number of ether oxygens (including phenoxy) is 2. The molecule has 1 aromatic rings. The average Bonchev–Trinajstić information content (AvgIpc) is 3.00. The van der Waals surface area contributed by atoms with Crippen molar-refractivity contribution < 1.29 is 14.6 Å². The van der Waals surface area contributed by atoms with Crippen LogP contribution >= 0.6 is 0 Å². The quantitative estimate of drug-likeness (QED) is 0.0834. The van der Waals surface area contributed by atoms with E-state index in [9.17, 15) is 5.11 Å². The van der Waals surface area contributed by atoms with E-state index < -0.39 is 0 Å². The van der Waals surface area contributed by atoms with Crippen LogP contribution in [0.3, 0.4) is 0 Å². The predicted molar refractivity (Wildman–Crippen MR) is 189 cm³/mol. The Morgan fingerprint density at radius 3 is 1.82 bits per heavy atom. The highest BCUT2D eigenvalue weighted by Gasteiger charge is 2.16. The number of allylic oxidation sites excluding steroid dienone is 3. The number of nitrogens with zero attached hydrogens (tertiary/aromatic N) is 2. The summed E-state index contributed by atoms with van der Waals surface area (Å²) in [5.41, 5.74) is 4.08. The lowest BCUT2D eigenvalue weighted by Gasteiger charge is -2.34. The van der Waals surface area contributed by atoms with Crippen LogP contribution in [0.25, 0.3) is 0 Å². The molecule has 0 radical (unpaired) electrons. The van der Waals surface area contributed by atoms with Gasteiger partial charge in [-0.3, -0.25) is 9.80 Å². The predicted octanol–water partition coefficient (Wildman–Crippen LogP) is 9.38. The van der Waals surface area contributed by atoms with E-state index in [0.717, 1.165) is 70.0 Å². The minimum atomic E-state index is 0.244. The van der Waals surface area contributed by atoms with Gasteiger partial charge in [-0.1, -0.05) is 101 Å². The highest BCUT2D eigenvalue weighted by Crippen LogP contribution is 2.25. The largest absolute Gasteiger partial charge is 0.492 e. The molecule has 1 saturated heterocycles. The number of benzene rings is 1. The molecule has 1 aliphatic rings. The third kappa shape index (κ3) is 19.5. The molecule has 252 valence electrons. The molecule has 0 bridgehead atoms. The fourth-order valence-corrected chi connectivity index (χ4v) is 5.93. The molecule has 1 fully saturated rings. The molecule has 0 aliphatic carbocycles. The molecule has 0 saturated carbocycles. The van der Waals surface area contributed by atoms with Gasteiger partial charge in [-0.25, -0.2) is 0 Å². The zero-order valence-corrected chi connectivity index (χ0v) is 29.2. The second-order valence-corrected chi connectivity index (χ2v) is 13.2. The van der Waals surface area contributed by atoms with Gasteiger partial charge in [-0.05, 0) is 70.2 Å². The van der Waals surface area contributed by atoms with Crippen LogP contribution in [0.5, 0.6) is 11.5 Å². The van der Waals surface area contributed by atoms with E-state index in [1.165, 1.54) is 100 Å². The maximum atomic E-state index is 9.19. The van der Waals surface area contributed by atoms with E-state index in [0.29, 0.717) is 13.2 Å². The molecule has 2 rings (SSSR count). The summed E-state index contributed by atoms with van der Waals surface area (Å²) in [6.45, 7) is 16.2. The number of hydrogen-bond donors (Lipinski definition) is 1. The van der Waals surface area contributed by atoms with Gasteiger partial charge in [0, 0.05) is 45.3 Å². The minimum absolute atomic E-state index is 0.244. The van der Waals surface area contributed by atoms with Gasteiger partial charge in [0.1, 0.15) is 24.7 Å². The average molecular weight is 613 g/mol. The van der Waals surface area contributed by atoms with Gasteiger partial charge >= 0.3 is 0 Å². The van der Waals surface area contributed by atoms with E-state index in [4.69, 9.17) is 9.47 Å². The van der Waals surface area contributed by atoms with E-state index in [-0.39, 0.29) is 6.61 Å². The highest BCUT2D eigenvalue weighted by molar-refractivity contribution is 5.38. The molecule has 1 aromatic carbocycles. The summed E-state index contributed by atoms with van der Waals surface area (Å²) < 4.78 is 12.5. The normalized spacial score (nSPS) is 14.6. The molecule has 0 unspecified atom stereocenters. The maximum Gasteiger partial charge on any atom is 0.123 e. The Morgan fingerprint density at radius 2 is 1.25 bits per heavy atom. The first kappa shape index (κ1) is 38.4. The van der Waals surface area contributed by atoms with Crippen LogP contribution in [0.4, 0.5) is 0 Å². The number of aryl methyl sites for hydroxylation is 1. The van der Waals surface area contributed by atoms with Crippen molar-refractivity contribution in [2.24, 2.45) is 0 Å². The number of aliphatic hydroxyl groups excluding tert-OH is 1. The molecule has 0 atom stereocenters. The third-order valence-electron chi connectivity index (χ3n) is 8.84. The molecule has 1 heterocycles. The van der Waals surface area contributed by atoms with Crippen molar-refractivity contribution in [3.8, 4) is 11.5 Å². The molecular formula is C39H68N2O3. The van der Waals surface area contributed by atoms with Crippen LogP contribution in [-0.2, 0) is 6.42 Å². The third-order valence-corrected chi connectivity index (χ3v) is 8.84. The number of aliphatic hydroxyl groups is 1. The van der Waals surface area contributed by atoms with Gasteiger partial charge in [-0.2, -0.15) is 0 Å². The van der Waals surface area contributed by atoms with E-state index in [1.807, 2.05) is 0 Å². The van der Waals surface area contributed by atoms with Gasteiger partial charge < -0.3 is 14.6 Å². The van der Waals surface area contributed by atoms with Crippen molar-refractivity contribution in [3.63, 3.8) is 0 Å². The molecule has 0 spiro atoms. The van der Waals surface area contributed by atoms with Gasteiger partial charge in [0.2, 0.25) is 0 Å². The van der Waals surface area contributed by atoms with Crippen LogP contribution in [-0.4, -0.2) is 74.0 Å². The molecule has 1 aliphatic heterocycles. The topological polar surface area (TPSA) is 45.2 Å². The molecule has 1 N–H and O–H groups in total. The highest BCUT2D eigenvalue weighted by atomic mass is 16.5. The fraction of sp³-hybridized carbons (Fsp3) is 0.744. The van der Waals surface area contributed by atoms with Gasteiger partial charge in [-0.15, -0.1) is 0 Å². The lowest BCUT2D eigenvalue weighted by molar-refractivity contribution is 0.101. The fourth-order valence-electron chi connectivity index (χ4n) is 5.93. The van der Waals surface area contributed by atoms with Crippen LogP contribution in [0, 0.1) is 0 Å². The summed E-state index contributed by atoms with van der Waals surface area (Å²) in [7, 11) is 0. The molecule has 0 aromatic heterocycles. The number of piperazine rings is 1. The molecule has 5 heteroatoms. The van der Waals surface area contributed by atoms with Crippen LogP contribution in [0.1, 0.15) is 130 Å². The molecule has 44 heavy (non-hydrogen) atoms. The summed E-state index contributed by atoms with van der Waals surface area (Å²) in [5.74, 6) is 1.84. The smallest absolute Gasteiger partial charge is 0.123 e. The Morgan fingerprint density at radius 1 is 0.705 bits per heavy atom. The number of β-amino-alcohol motifs (C(OH)–C–C–N with tert-alkyl or cyclic N) is 1. The van der Waals surface area contributed by atoms with Crippen LogP contribution in [0.2, 0.25) is 0 Å². The van der Waals surface area contributed by atoms with E-state index in [1.54, 1.807) is 0 Å². The van der Waals surface area contributed by atoms with Crippen molar-refractivity contribution in [3.05, 3.63) is 47.1 Å². The lowest BCUT2D eigenvalue weighted by atomic mass is 10.0. The first-order valence-electron chi connectivity index (χ1n) is 18.2. The SMILES string of the molecule is CCCCCCCCCCCCCCCc1cc(OC/C=C(\C)CCC=C(C)C)cc(OCCN2CCN(CCO)CC2)c1. The summed E-state index contributed by atoms with van der Waals surface area (Å²) in [6, 6.07) is 6.52. The monoisotopic (exact) mass is 613 g/mol. The maximum absolute atomic E-state index is 9.19. The number of hydrogen-bond acceptors (Lipinski definition) is 5. The standard InChI is InChI=1S/C39H68N2O3/c1-5-6-7-8-9-10-11-12-13-14-15-16-17-21-37-32-38(43-30-22-36(4)20-18-19-35(2)3)34-39(33-37)44-31-28-41-25-23-40(24-26-41)27-29-42/h19,22,32-34,42H,5-18,20-21,23-31H2,1-4H3/b36-22+. The van der Waals surface area contributed by atoms with E-state index in [2.05, 4.69) is 67.8 Å². The van der Waals surface area contributed by atoms with Crippen molar-refractivity contribution in [2.45, 2.75) is 130 Å². The van der Waals surface area contributed by atoms with Crippen molar-refractivity contribution in [1.29, 1.82) is 0 Å².